The molecule has 0 radical (unpaired) electrons. The summed E-state index contributed by atoms with van der Waals surface area (Å²) < 4.78 is 6.43. The molecule has 2 aromatic heterocycles. The summed E-state index contributed by atoms with van der Waals surface area (Å²) in [7, 11) is 1.32. The van der Waals surface area contributed by atoms with Gasteiger partial charge in [-0.2, -0.15) is 4.68 Å². The summed E-state index contributed by atoms with van der Waals surface area (Å²) in [5.74, 6) is -0.603. The first-order valence-corrected chi connectivity index (χ1v) is 9.55. The predicted octanol–water partition coefficient (Wildman–Crippen LogP) is 3.07. The molecule has 0 amide bonds. The van der Waals surface area contributed by atoms with Crippen molar-refractivity contribution in [2.24, 2.45) is 0 Å². The number of para-hydroxylation sites is 1. The van der Waals surface area contributed by atoms with Crippen LogP contribution in [0, 0.1) is 20.8 Å². The van der Waals surface area contributed by atoms with Crippen LogP contribution in [-0.4, -0.2) is 49.3 Å². The van der Waals surface area contributed by atoms with Crippen molar-refractivity contribution >= 4 is 23.5 Å². The van der Waals surface area contributed by atoms with E-state index in [1.165, 1.54) is 18.9 Å². The fourth-order valence-electron chi connectivity index (χ4n) is 3.02. The number of ether oxygens (including phenoxy) is 1. The number of rotatable bonds is 6. The minimum absolute atomic E-state index is 0.139. The van der Waals surface area contributed by atoms with Gasteiger partial charge in [-0.05, 0) is 55.3 Å². The van der Waals surface area contributed by atoms with Crippen molar-refractivity contribution in [1.82, 2.24) is 25.2 Å². The Morgan fingerprint density at radius 1 is 1.21 bits per heavy atom. The lowest BCUT2D eigenvalue weighted by Gasteiger charge is -2.11. The molecule has 3 rings (SSSR count). The van der Waals surface area contributed by atoms with Gasteiger partial charge in [-0.3, -0.25) is 4.79 Å². The zero-order valence-corrected chi connectivity index (χ0v) is 17.1. The minimum Gasteiger partial charge on any atom is -0.465 e. The van der Waals surface area contributed by atoms with Gasteiger partial charge >= 0.3 is 5.97 Å². The van der Waals surface area contributed by atoms with Gasteiger partial charge in [0.1, 0.15) is 0 Å². The summed E-state index contributed by atoms with van der Waals surface area (Å²) in [6, 6.07) is 7.74. The van der Waals surface area contributed by atoms with E-state index >= 15 is 0 Å². The number of aromatic amines is 1. The van der Waals surface area contributed by atoms with Crippen molar-refractivity contribution in [1.29, 1.82) is 0 Å². The Balaban J connectivity index is 1.87. The van der Waals surface area contributed by atoms with E-state index in [9.17, 15) is 9.59 Å². The number of aromatic nitrogens is 5. The fourth-order valence-corrected chi connectivity index (χ4v) is 3.88. The van der Waals surface area contributed by atoms with Crippen molar-refractivity contribution in [2.45, 2.75) is 38.1 Å². The van der Waals surface area contributed by atoms with E-state index in [1.54, 1.807) is 25.5 Å². The molecule has 1 aromatic carbocycles. The van der Waals surface area contributed by atoms with Crippen LogP contribution in [0.2, 0.25) is 0 Å². The summed E-state index contributed by atoms with van der Waals surface area (Å²) in [5.41, 5.74) is 3.86. The zero-order valence-electron chi connectivity index (χ0n) is 16.3. The molecular weight excluding hydrogens is 378 g/mol. The van der Waals surface area contributed by atoms with E-state index in [2.05, 4.69) is 20.5 Å². The van der Waals surface area contributed by atoms with Gasteiger partial charge in [-0.15, -0.1) is 5.10 Å². The van der Waals surface area contributed by atoms with Crippen molar-refractivity contribution in [2.75, 3.05) is 7.11 Å². The van der Waals surface area contributed by atoms with Crippen LogP contribution in [0.15, 0.2) is 29.4 Å². The van der Waals surface area contributed by atoms with E-state index < -0.39 is 11.2 Å². The molecule has 0 bridgehead atoms. The molecule has 0 aliphatic rings. The number of Topliss-reactive ketones (excluding diaryl/α,β-unsaturated/α-hetero) is 1. The second kappa shape index (κ2) is 7.97. The molecule has 0 spiro atoms. The van der Waals surface area contributed by atoms with Crippen LogP contribution in [0.4, 0.5) is 0 Å². The van der Waals surface area contributed by atoms with Crippen LogP contribution in [0.3, 0.4) is 0 Å². The lowest BCUT2D eigenvalue weighted by Crippen LogP contribution is -2.16. The van der Waals surface area contributed by atoms with Gasteiger partial charge in [0.2, 0.25) is 5.16 Å². The van der Waals surface area contributed by atoms with Gasteiger partial charge in [0.05, 0.1) is 29.3 Å². The number of H-pyrrole nitrogens is 1. The average Bonchev–Trinajstić information content (AvgIpc) is 3.24. The lowest BCUT2D eigenvalue weighted by atomic mass is 10.1. The highest BCUT2D eigenvalue weighted by atomic mass is 32.2. The first kappa shape index (κ1) is 19.8. The van der Waals surface area contributed by atoms with Crippen LogP contribution in [0.25, 0.3) is 5.69 Å². The number of esters is 1. The van der Waals surface area contributed by atoms with E-state index in [4.69, 9.17) is 4.74 Å². The molecule has 9 heteroatoms. The number of thioether (sulfide) groups is 1. The van der Waals surface area contributed by atoms with E-state index in [-0.39, 0.29) is 5.78 Å². The van der Waals surface area contributed by atoms with Crippen LogP contribution in [0.1, 0.15) is 44.6 Å². The molecule has 0 aliphatic heterocycles. The highest BCUT2D eigenvalue weighted by Crippen LogP contribution is 2.28. The summed E-state index contributed by atoms with van der Waals surface area (Å²) in [6.07, 6.45) is 0. The summed E-state index contributed by atoms with van der Waals surface area (Å²) in [6.45, 7) is 7.24. The molecule has 0 saturated heterocycles. The Hall–Kier alpha value is -2.94. The third-order valence-corrected chi connectivity index (χ3v) is 5.54. The second-order valence-corrected chi connectivity index (χ2v) is 7.71. The summed E-state index contributed by atoms with van der Waals surface area (Å²) in [4.78, 5) is 28.0. The van der Waals surface area contributed by atoms with Crippen LogP contribution < -0.4 is 0 Å². The third-order valence-electron chi connectivity index (χ3n) is 4.51. The lowest BCUT2D eigenvalue weighted by molar-refractivity contribution is 0.0599. The van der Waals surface area contributed by atoms with Gasteiger partial charge in [0.25, 0.3) is 0 Å². The van der Waals surface area contributed by atoms with E-state index in [0.29, 0.717) is 27.7 Å². The van der Waals surface area contributed by atoms with Gasteiger partial charge in [0, 0.05) is 5.69 Å². The molecule has 3 aromatic rings. The van der Waals surface area contributed by atoms with Crippen molar-refractivity contribution in [3.05, 3.63) is 52.3 Å². The van der Waals surface area contributed by atoms with Crippen LogP contribution in [-0.2, 0) is 4.74 Å². The maximum absolute atomic E-state index is 13.0. The molecule has 28 heavy (non-hydrogen) atoms. The molecule has 0 fully saturated rings. The Labute approximate surface area is 166 Å². The standard InChI is InChI=1S/C19H21N5O3S/c1-10-8-6-7-9-14(10)24-19(21-22-23-24)28-13(4)17(25)16-11(2)15(12(3)20-16)18(26)27-5/h6-9,13,20H,1-5H3/t13-/m1/s1. The molecule has 146 valence electrons. The molecule has 1 atom stereocenters. The topological polar surface area (TPSA) is 103 Å². The van der Waals surface area contributed by atoms with Gasteiger partial charge in [-0.25, -0.2) is 4.79 Å². The number of carbonyl (C=O) groups is 2. The molecule has 0 unspecified atom stereocenters. The molecule has 2 heterocycles. The number of hydrogen-bond acceptors (Lipinski definition) is 7. The predicted molar refractivity (Wildman–Crippen MR) is 105 cm³/mol. The molecule has 8 nitrogen and oxygen atoms in total. The normalized spacial score (nSPS) is 12.0. The number of methoxy groups -OCH3 is 1. The van der Waals surface area contributed by atoms with Crippen LogP contribution >= 0.6 is 11.8 Å². The number of nitrogens with zero attached hydrogens (tertiary/aromatic N) is 4. The maximum Gasteiger partial charge on any atom is 0.339 e. The zero-order chi connectivity index (χ0) is 20.4. The first-order valence-electron chi connectivity index (χ1n) is 8.67. The smallest absolute Gasteiger partial charge is 0.339 e. The molecule has 0 aliphatic carbocycles. The Bertz CT molecular complexity index is 1040. The second-order valence-electron chi connectivity index (χ2n) is 6.40. The number of nitrogens with one attached hydrogen (secondary N) is 1. The summed E-state index contributed by atoms with van der Waals surface area (Å²) in [5, 5.41) is 11.9. The fraction of sp³-hybridized carbons (Fsp3) is 0.316. The number of hydrogen-bond donors (Lipinski definition) is 1. The van der Waals surface area contributed by atoms with Gasteiger partial charge in [0.15, 0.2) is 5.78 Å². The maximum atomic E-state index is 13.0. The Morgan fingerprint density at radius 2 is 1.93 bits per heavy atom. The van der Waals surface area contributed by atoms with Crippen molar-refractivity contribution in [3.8, 4) is 5.69 Å². The average molecular weight is 399 g/mol. The number of carbonyl (C=O) groups excluding carboxylic acids is 2. The molecule has 1 N–H and O–H groups in total. The first-order chi connectivity index (χ1) is 13.3. The minimum atomic E-state index is -0.464. The Morgan fingerprint density at radius 3 is 2.61 bits per heavy atom. The monoisotopic (exact) mass is 399 g/mol. The van der Waals surface area contributed by atoms with Gasteiger partial charge < -0.3 is 9.72 Å². The highest BCUT2D eigenvalue weighted by molar-refractivity contribution is 8.00. The highest BCUT2D eigenvalue weighted by Gasteiger charge is 2.27. The number of aryl methyl sites for hydroxylation is 2. The molecular formula is C19H21N5O3S. The van der Waals surface area contributed by atoms with Crippen LogP contribution in [0.5, 0.6) is 0 Å². The molecule has 0 saturated carbocycles. The van der Waals surface area contributed by atoms with Gasteiger partial charge in [-0.1, -0.05) is 30.0 Å². The number of tetrazole rings is 1. The number of benzene rings is 1. The third kappa shape index (κ3) is 3.57. The largest absolute Gasteiger partial charge is 0.465 e. The quantitative estimate of drug-likeness (QED) is 0.386. The van der Waals surface area contributed by atoms with E-state index in [0.717, 1.165) is 11.3 Å². The number of ketones is 1. The van der Waals surface area contributed by atoms with Crippen molar-refractivity contribution in [3.63, 3.8) is 0 Å². The van der Waals surface area contributed by atoms with E-state index in [1.807, 2.05) is 31.2 Å². The summed E-state index contributed by atoms with van der Waals surface area (Å²) >= 11 is 1.26. The SMILES string of the molecule is COC(=O)c1c(C)[nH]c(C(=O)[C@@H](C)Sc2nnnn2-c2ccccc2C)c1C. The Kier molecular flexibility index (Phi) is 5.64. The van der Waals surface area contributed by atoms with Crippen molar-refractivity contribution < 1.29 is 14.3 Å².